The fraction of sp³-hybridized carbons (Fsp3) is 0.727. The molecule has 0 saturated carbocycles. The molecular weight excluding hydrogens is 174 g/mol. The molecule has 3 heteroatoms. The molecule has 0 aliphatic rings. The van der Waals surface area contributed by atoms with Gasteiger partial charge in [0, 0.05) is 17.3 Å². The van der Waals surface area contributed by atoms with Crippen molar-refractivity contribution >= 4 is 0 Å². The smallest absolute Gasteiger partial charge is 0.0670 e. The highest BCUT2D eigenvalue weighted by Gasteiger charge is 2.17. The van der Waals surface area contributed by atoms with Crippen molar-refractivity contribution in [3.63, 3.8) is 0 Å². The lowest BCUT2D eigenvalue weighted by atomic mass is 9.99. The molecule has 1 rings (SSSR count). The van der Waals surface area contributed by atoms with E-state index in [1.165, 1.54) is 17.0 Å². The van der Waals surface area contributed by atoms with Crippen molar-refractivity contribution in [1.29, 1.82) is 0 Å². The monoisotopic (exact) mass is 195 g/mol. The predicted octanol–water partition coefficient (Wildman–Crippen LogP) is 2.21. The highest BCUT2D eigenvalue weighted by atomic mass is 15.1. The summed E-state index contributed by atoms with van der Waals surface area (Å²) in [5, 5.41) is 10.8. The molecule has 14 heavy (non-hydrogen) atoms. The molecule has 2 N–H and O–H groups in total. The van der Waals surface area contributed by atoms with E-state index in [-0.39, 0.29) is 0 Å². The van der Waals surface area contributed by atoms with Crippen LogP contribution in [0.3, 0.4) is 0 Å². The Morgan fingerprint density at radius 3 is 2.43 bits per heavy atom. The Hall–Kier alpha value is -0.830. The summed E-state index contributed by atoms with van der Waals surface area (Å²) in [6.07, 6.45) is 3.14. The molecule has 0 aliphatic heterocycles. The van der Waals surface area contributed by atoms with Gasteiger partial charge in [-0.25, -0.2) is 0 Å². The van der Waals surface area contributed by atoms with Gasteiger partial charge in [-0.15, -0.1) is 0 Å². The quantitative estimate of drug-likeness (QED) is 0.756. The maximum Gasteiger partial charge on any atom is 0.0670 e. The fourth-order valence-electron chi connectivity index (χ4n) is 1.93. The molecule has 1 atom stereocenters. The van der Waals surface area contributed by atoms with Gasteiger partial charge in [-0.05, 0) is 26.3 Å². The van der Waals surface area contributed by atoms with Gasteiger partial charge in [0.1, 0.15) is 0 Å². The predicted molar refractivity (Wildman–Crippen MR) is 59.4 cm³/mol. The van der Waals surface area contributed by atoms with E-state index in [4.69, 9.17) is 0 Å². The van der Waals surface area contributed by atoms with Crippen LogP contribution in [0.4, 0.5) is 0 Å². The number of aromatic nitrogens is 2. The molecule has 0 saturated heterocycles. The number of rotatable bonds is 5. The first-order valence-corrected chi connectivity index (χ1v) is 5.51. The first kappa shape index (κ1) is 11.2. The third kappa shape index (κ3) is 1.98. The lowest BCUT2D eigenvalue weighted by Gasteiger charge is -2.15. The lowest BCUT2D eigenvalue weighted by Crippen LogP contribution is -2.17. The molecule has 0 bridgehead atoms. The Morgan fingerprint density at radius 2 is 2.00 bits per heavy atom. The number of aromatic amines is 1. The van der Waals surface area contributed by atoms with Gasteiger partial charge in [-0.3, -0.25) is 5.10 Å². The van der Waals surface area contributed by atoms with Crippen molar-refractivity contribution in [3.8, 4) is 0 Å². The van der Waals surface area contributed by atoms with Crippen LogP contribution >= 0.6 is 0 Å². The minimum atomic E-state index is 0.443. The summed E-state index contributed by atoms with van der Waals surface area (Å²) in [4.78, 5) is 0. The summed E-state index contributed by atoms with van der Waals surface area (Å²) in [5.41, 5.74) is 3.88. The Kier molecular flexibility index (Phi) is 4.14. The van der Waals surface area contributed by atoms with Crippen LogP contribution in [0.5, 0.6) is 0 Å². The van der Waals surface area contributed by atoms with Gasteiger partial charge in [0.05, 0.1) is 5.69 Å². The molecule has 0 spiro atoms. The molecule has 0 amide bonds. The van der Waals surface area contributed by atoms with Crippen LogP contribution in [0, 0.1) is 0 Å². The summed E-state index contributed by atoms with van der Waals surface area (Å²) in [5.74, 6) is 0. The Balaban J connectivity index is 3.06. The zero-order valence-electron chi connectivity index (χ0n) is 9.65. The molecule has 0 fully saturated rings. The Morgan fingerprint density at radius 1 is 1.29 bits per heavy atom. The summed E-state index contributed by atoms with van der Waals surface area (Å²) in [6, 6.07) is 0.443. The molecular formula is C11H21N3. The average Bonchev–Trinajstić information content (AvgIpc) is 2.63. The fourth-order valence-corrected chi connectivity index (χ4v) is 1.93. The van der Waals surface area contributed by atoms with Crippen LogP contribution in [-0.2, 0) is 12.8 Å². The van der Waals surface area contributed by atoms with E-state index in [2.05, 4.69) is 36.3 Å². The molecule has 1 unspecified atom stereocenters. The minimum Gasteiger partial charge on any atom is -0.313 e. The molecule has 0 aliphatic carbocycles. The number of hydrogen-bond donors (Lipinski definition) is 2. The van der Waals surface area contributed by atoms with Gasteiger partial charge in [0.15, 0.2) is 0 Å². The van der Waals surface area contributed by atoms with Crippen molar-refractivity contribution < 1.29 is 0 Å². The Labute approximate surface area is 86.3 Å². The van der Waals surface area contributed by atoms with Gasteiger partial charge in [0.2, 0.25) is 0 Å². The summed E-state index contributed by atoms with van der Waals surface area (Å²) < 4.78 is 0. The molecule has 1 heterocycles. The second-order valence-corrected chi connectivity index (χ2v) is 3.52. The number of nitrogens with zero attached hydrogens (tertiary/aromatic N) is 1. The molecule has 0 radical (unpaired) electrons. The van der Waals surface area contributed by atoms with E-state index < -0.39 is 0 Å². The van der Waals surface area contributed by atoms with Gasteiger partial charge in [-0.1, -0.05) is 20.8 Å². The summed E-state index contributed by atoms with van der Waals surface area (Å²) >= 11 is 0. The SMILES string of the molecule is CCc1n[nH]c(CC)c1C(CC)NC. The van der Waals surface area contributed by atoms with Crippen LogP contribution in [0.1, 0.15) is 50.2 Å². The molecule has 0 aromatic carbocycles. The zero-order valence-corrected chi connectivity index (χ0v) is 9.65. The number of nitrogens with one attached hydrogen (secondary N) is 2. The normalized spacial score (nSPS) is 13.1. The van der Waals surface area contributed by atoms with Crippen LogP contribution in [0.2, 0.25) is 0 Å². The van der Waals surface area contributed by atoms with Crippen molar-refractivity contribution in [1.82, 2.24) is 15.5 Å². The zero-order chi connectivity index (χ0) is 10.6. The van der Waals surface area contributed by atoms with Crippen molar-refractivity contribution in [2.45, 2.75) is 46.1 Å². The summed E-state index contributed by atoms with van der Waals surface area (Å²) in [6.45, 7) is 6.52. The van der Waals surface area contributed by atoms with Crippen molar-refractivity contribution in [2.24, 2.45) is 0 Å². The molecule has 3 nitrogen and oxygen atoms in total. The standard InChI is InChI=1S/C11H21N3/c1-5-8(12-4)11-9(6-2)13-14-10(11)7-3/h8,12H,5-7H2,1-4H3,(H,13,14). The van der Waals surface area contributed by atoms with Gasteiger partial charge in [0.25, 0.3) is 0 Å². The number of hydrogen-bond acceptors (Lipinski definition) is 2. The largest absolute Gasteiger partial charge is 0.313 e. The second kappa shape index (κ2) is 5.15. The first-order valence-electron chi connectivity index (χ1n) is 5.51. The lowest BCUT2D eigenvalue weighted by molar-refractivity contribution is 0.567. The Bertz CT molecular complexity index is 253. The van der Waals surface area contributed by atoms with Crippen LogP contribution in [0.25, 0.3) is 0 Å². The molecule has 80 valence electrons. The van der Waals surface area contributed by atoms with Crippen molar-refractivity contribution in [3.05, 3.63) is 17.0 Å². The maximum absolute atomic E-state index is 4.36. The summed E-state index contributed by atoms with van der Waals surface area (Å²) in [7, 11) is 2.01. The first-order chi connectivity index (χ1) is 6.78. The van der Waals surface area contributed by atoms with E-state index in [0.717, 1.165) is 19.3 Å². The third-order valence-electron chi connectivity index (χ3n) is 2.76. The highest BCUT2D eigenvalue weighted by molar-refractivity contribution is 5.29. The maximum atomic E-state index is 4.36. The van der Waals surface area contributed by atoms with Crippen molar-refractivity contribution in [2.75, 3.05) is 7.05 Å². The second-order valence-electron chi connectivity index (χ2n) is 3.52. The van der Waals surface area contributed by atoms with E-state index in [9.17, 15) is 0 Å². The van der Waals surface area contributed by atoms with E-state index >= 15 is 0 Å². The van der Waals surface area contributed by atoms with Gasteiger partial charge < -0.3 is 5.32 Å². The van der Waals surface area contributed by atoms with Crippen LogP contribution < -0.4 is 5.32 Å². The van der Waals surface area contributed by atoms with E-state index in [1.54, 1.807) is 0 Å². The van der Waals surface area contributed by atoms with E-state index in [0.29, 0.717) is 6.04 Å². The number of H-pyrrole nitrogens is 1. The minimum absolute atomic E-state index is 0.443. The topological polar surface area (TPSA) is 40.7 Å². The third-order valence-corrected chi connectivity index (χ3v) is 2.76. The van der Waals surface area contributed by atoms with Crippen LogP contribution in [0.15, 0.2) is 0 Å². The average molecular weight is 195 g/mol. The van der Waals surface area contributed by atoms with Gasteiger partial charge in [-0.2, -0.15) is 5.10 Å². The van der Waals surface area contributed by atoms with E-state index in [1.807, 2.05) is 7.05 Å². The molecule has 1 aromatic rings. The molecule has 1 aromatic heterocycles. The highest BCUT2D eigenvalue weighted by Crippen LogP contribution is 2.23. The number of aryl methyl sites for hydroxylation is 2. The van der Waals surface area contributed by atoms with Crippen LogP contribution in [-0.4, -0.2) is 17.2 Å². The van der Waals surface area contributed by atoms with Gasteiger partial charge >= 0.3 is 0 Å².